The maximum absolute atomic E-state index is 13.8. The normalized spacial score (nSPS) is 19.0. The molecule has 2 aliphatic rings. The number of amides is 3. The number of imide groups is 1. The molecule has 3 amide bonds. The summed E-state index contributed by atoms with van der Waals surface area (Å²) in [7, 11) is 0. The van der Waals surface area contributed by atoms with Crippen molar-refractivity contribution >= 4 is 11.9 Å². The minimum atomic E-state index is -1.20. The van der Waals surface area contributed by atoms with Gasteiger partial charge in [0.15, 0.2) is 5.54 Å². The van der Waals surface area contributed by atoms with Crippen molar-refractivity contribution < 1.29 is 9.59 Å². The van der Waals surface area contributed by atoms with Gasteiger partial charge in [-0.1, -0.05) is 91.0 Å². The molecular weight excluding hydrogens is 412 g/mol. The first kappa shape index (κ1) is 21.4. The number of carbonyl (C=O) groups is 2. The van der Waals surface area contributed by atoms with Crippen molar-refractivity contribution in [1.29, 1.82) is 0 Å². The van der Waals surface area contributed by atoms with Gasteiger partial charge in [-0.15, -0.1) is 0 Å². The molecule has 3 aromatic carbocycles. The summed E-state index contributed by atoms with van der Waals surface area (Å²) in [6.45, 7) is 4.65. The fourth-order valence-corrected chi connectivity index (χ4v) is 4.77. The summed E-state index contributed by atoms with van der Waals surface area (Å²) in [5, 5.41) is 3.03. The minimum absolute atomic E-state index is 0.225. The Balaban J connectivity index is 1.31. The van der Waals surface area contributed by atoms with E-state index >= 15 is 0 Å². The third kappa shape index (κ3) is 4.15. The van der Waals surface area contributed by atoms with Gasteiger partial charge in [-0.3, -0.25) is 14.6 Å². The van der Waals surface area contributed by atoms with Gasteiger partial charge < -0.3 is 5.32 Å². The van der Waals surface area contributed by atoms with Crippen molar-refractivity contribution in [2.75, 3.05) is 32.8 Å². The Morgan fingerprint density at radius 1 is 0.667 bits per heavy atom. The van der Waals surface area contributed by atoms with Crippen LogP contribution in [0.2, 0.25) is 0 Å². The molecule has 1 N–H and O–H groups in total. The molecule has 6 heteroatoms. The number of urea groups is 1. The molecule has 2 heterocycles. The molecule has 0 saturated carbocycles. The predicted octanol–water partition coefficient (Wildman–Crippen LogP) is 3.26. The maximum Gasteiger partial charge on any atom is 0.326 e. The van der Waals surface area contributed by atoms with E-state index in [0.717, 1.165) is 43.9 Å². The second-order valence-electron chi connectivity index (χ2n) is 8.67. The Hall–Kier alpha value is -3.48. The Labute approximate surface area is 194 Å². The van der Waals surface area contributed by atoms with Crippen LogP contribution in [0.4, 0.5) is 4.79 Å². The minimum Gasteiger partial charge on any atom is -0.315 e. The molecule has 0 unspecified atom stereocenters. The molecule has 2 aliphatic heterocycles. The first-order valence-corrected chi connectivity index (χ1v) is 11.4. The molecule has 6 nitrogen and oxygen atoms in total. The largest absolute Gasteiger partial charge is 0.326 e. The predicted molar refractivity (Wildman–Crippen MR) is 127 cm³/mol. The van der Waals surface area contributed by atoms with E-state index in [1.807, 2.05) is 66.7 Å². The molecule has 33 heavy (non-hydrogen) atoms. The summed E-state index contributed by atoms with van der Waals surface area (Å²) in [5.41, 5.74) is 1.64. The number of carbonyl (C=O) groups excluding carboxylic acids is 2. The summed E-state index contributed by atoms with van der Waals surface area (Å²) in [6.07, 6.45) is 0. The average Bonchev–Trinajstić information content (AvgIpc) is 3.12. The van der Waals surface area contributed by atoms with Crippen LogP contribution in [0.1, 0.15) is 16.7 Å². The van der Waals surface area contributed by atoms with Crippen LogP contribution in [0, 0.1) is 0 Å². The van der Waals surface area contributed by atoms with Crippen molar-refractivity contribution in [3.05, 3.63) is 108 Å². The molecule has 2 fully saturated rings. The first-order valence-electron chi connectivity index (χ1n) is 11.4. The van der Waals surface area contributed by atoms with Crippen molar-refractivity contribution in [2.45, 2.75) is 12.1 Å². The highest BCUT2D eigenvalue weighted by Gasteiger charge is 2.53. The van der Waals surface area contributed by atoms with E-state index in [1.54, 1.807) is 0 Å². The van der Waals surface area contributed by atoms with Gasteiger partial charge in [0.1, 0.15) is 0 Å². The number of hydrogen-bond acceptors (Lipinski definition) is 4. The van der Waals surface area contributed by atoms with E-state index in [2.05, 4.69) is 39.4 Å². The number of nitrogens with zero attached hydrogens (tertiary/aromatic N) is 3. The van der Waals surface area contributed by atoms with Gasteiger partial charge in [0, 0.05) is 32.7 Å². The molecule has 3 aromatic rings. The van der Waals surface area contributed by atoms with Gasteiger partial charge in [-0.25, -0.2) is 9.69 Å². The van der Waals surface area contributed by atoms with E-state index < -0.39 is 5.54 Å². The van der Waals surface area contributed by atoms with E-state index in [0.29, 0.717) is 6.67 Å². The molecular formula is C27H28N4O2. The molecule has 0 aliphatic carbocycles. The Morgan fingerprint density at radius 3 is 1.70 bits per heavy atom. The highest BCUT2D eigenvalue weighted by atomic mass is 16.2. The number of hydrogen-bond donors (Lipinski definition) is 1. The lowest BCUT2D eigenvalue weighted by atomic mass is 9.83. The zero-order chi connectivity index (χ0) is 22.7. The van der Waals surface area contributed by atoms with Crippen LogP contribution in [-0.2, 0) is 16.9 Å². The van der Waals surface area contributed by atoms with Crippen LogP contribution in [-0.4, -0.2) is 59.5 Å². The molecule has 0 spiro atoms. The SMILES string of the molecule is O=C1NC(c2ccccc2)(c2ccccc2)C(=O)N1CN1CCN(Cc2ccccc2)CC1. The first-order chi connectivity index (χ1) is 16.2. The Morgan fingerprint density at radius 2 is 1.15 bits per heavy atom. The van der Waals surface area contributed by atoms with Gasteiger partial charge >= 0.3 is 6.03 Å². The Kier molecular flexibility index (Phi) is 5.94. The standard InChI is InChI=1S/C27H28N4O2/c32-25-27(23-12-6-2-7-13-23,24-14-8-3-9-15-24)28-26(33)31(25)21-30-18-16-29(17-19-30)20-22-10-4-1-5-11-22/h1-15H,16-21H2,(H,28,33). The topological polar surface area (TPSA) is 55.9 Å². The number of rotatable bonds is 6. The van der Waals surface area contributed by atoms with Gasteiger partial charge in [-0.05, 0) is 16.7 Å². The lowest BCUT2D eigenvalue weighted by Gasteiger charge is -2.36. The molecule has 0 bridgehead atoms. The van der Waals surface area contributed by atoms with Crippen LogP contribution >= 0.6 is 0 Å². The molecule has 0 radical (unpaired) electrons. The average molecular weight is 441 g/mol. The highest BCUT2D eigenvalue weighted by Crippen LogP contribution is 2.36. The van der Waals surface area contributed by atoms with Gasteiger partial charge in [0.2, 0.25) is 0 Å². The quantitative estimate of drug-likeness (QED) is 0.598. The van der Waals surface area contributed by atoms with Gasteiger partial charge in [0.05, 0.1) is 6.67 Å². The molecule has 0 aromatic heterocycles. The lowest BCUT2D eigenvalue weighted by molar-refractivity contribution is -0.132. The molecule has 0 atom stereocenters. The second kappa shape index (κ2) is 9.17. The van der Waals surface area contributed by atoms with Crippen LogP contribution < -0.4 is 5.32 Å². The van der Waals surface area contributed by atoms with Crippen LogP contribution in [0.5, 0.6) is 0 Å². The van der Waals surface area contributed by atoms with E-state index in [4.69, 9.17) is 0 Å². The van der Waals surface area contributed by atoms with Crippen LogP contribution in [0.15, 0.2) is 91.0 Å². The van der Waals surface area contributed by atoms with E-state index in [1.165, 1.54) is 10.5 Å². The third-order valence-electron chi connectivity index (χ3n) is 6.57. The summed E-state index contributed by atoms with van der Waals surface area (Å²) < 4.78 is 0. The lowest BCUT2D eigenvalue weighted by Crippen LogP contribution is -2.51. The smallest absolute Gasteiger partial charge is 0.315 e. The monoisotopic (exact) mass is 440 g/mol. The zero-order valence-electron chi connectivity index (χ0n) is 18.6. The number of benzene rings is 3. The zero-order valence-corrected chi connectivity index (χ0v) is 18.6. The molecule has 5 rings (SSSR count). The Bertz CT molecular complexity index is 1060. The number of piperazine rings is 1. The maximum atomic E-state index is 13.8. The fraction of sp³-hybridized carbons (Fsp3) is 0.259. The van der Waals surface area contributed by atoms with Crippen LogP contribution in [0.25, 0.3) is 0 Å². The number of nitrogens with one attached hydrogen (secondary N) is 1. The summed E-state index contributed by atoms with van der Waals surface area (Å²) in [5.74, 6) is -0.225. The van der Waals surface area contributed by atoms with Gasteiger partial charge in [-0.2, -0.15) is 0 Å². The van der Waals surface area contributed by atoms with E-state index in [9.17, 15) is 9.59 Å². The van der Waals surface area contributed by atoms with Crippen molar-refractivity contribution in [3.8, 4) is 0 Å². The summed E-state index contributed by atoms with van der Waals surface area (Å²) >= 11 is 0. The third-order valence-corrected chi connectivity index (χ3v) is 6.57. The van der Waals surface area contributed by atoms with Gasteiger partial charge in [0.25, 0.3) is 5.91 Å². The summed E-state index contributed by atoms with van der Waals surface area (Å²) in [6, 6.07) is 29.1. The van der Waals surface area contributed by atoms with Crippen molar-refractivity contribution in [1.82, 2.24) is 20.0 Å². The van der Waals surface area contributed by atoms with Crippen molar-refractivity contribution in [3.63, 3.8) is 0 Å². The second-order valence-corrected chi connectivity index (χ2v) is 8.67. The van der Waals surface area contributed by atoms with Crippen LogP contribution in [0.3, 0.4) is 0 Å². The fourth-order valence-electron chi connectivity index (χ4n) is 4.77. The summed E-state index contributed by atoms with van der Waals surface area (Å²) in [4.78, 5) is 32.9. The van der Waals surface area contributed by atoms with E-state index in [-0.39, 0.29) is 11.9 Å². The van der Waals surface area contributed by atoms with Crippen molar-refractivity contribution in [2.24, 2.45) is 0 Å². The highest BCUT2D eigenvalue weighted by molar-refractivity contribution is 6.09. The molecule has 168 valence electrons. The molecule has 2 saturated heterocycles.